The van der Waals surface area contributed by atoms with E-state index >= 15 is 0 Å². The average molecular weight is 254 g/mol. The van der Waals surface area contributed by atoms with Crippen LogP contribution in [0.4, 0.5) is 0 Å². The third-order valence-corrected chi connectivity index (χ3v) is 2.36. The first-order valence-electron chi connectivity index (χ1n) is 5.60. The minimum Gasteiger partial charge on any atom is -0.328 e. The van der Waals surface area contributed by atoms with Gasteiger partial charge in [0, 0.05) is 12.8 Å². The molecular weight excluding hydrogens is 240 g/mol. The summed E-state index contributed by atoms with van der Waals surface area (Å²) >= 11 is 0. The highest BCUT2D eigenvalue weighted by Gasteiger charge is 2.35. The van der Waals surface area contributed by atoms with Gasteiger partial charge >= 0.3 is 5.97 Å². The summed E-state index contributed by atoms with van der Waals surface area (Å²) in [4.78, 5) is 52.4. The Hall–Kier alpha value is -2.01. The maximum absolute atomic E-state index is 11.7. The van der Waals surface area contributed by atoms with Gasteiger partial charge in [-0.2, -0.15) is 4.99 Å². The minimum absolute atomic E-state index is 0.0257. The van der Waals surface area contributed by atoms with Crippen molar-refractivity contribution in [3.63, 3.8) is 0 Å². The summed E-state index contributed by atoms with van der Waals surface area (Å²) in [5, 5.41) is 0.440. The van der Waals surface area contributed by atoms with Gasteiger partial charge in [0.1, 0.15) is 0 Å². The summed E-state index contributed by atoms with van der Waals surface area (Å²) in [7, 11) is 0. The zero-order valence-corrected chi connectivity index (χ0v) is 10.2. The molecule has 1 unspecified atom stereocenters. The molecule has 1 aliphatic rings. The van der Waals surface area contributed by atoms with Gasteiger partial charge in [0.25, 0.3) is 11.8 Å². The number of isocyanates is 1. The molecule has 1 rings (SSSR count). The molecule has 18 heavy (non-hydrogen) atoms. The van der Waals surface area contributed by atoms with Crippen LogP contribution in [-0.4, -0.2) is 35.0 Å². The van der Waals surface area contributed by atoms with Gasteiger partial charge in [0.2, 0.25) is 6.08 Å². The quantitative estimate of drug-likeness (QED) is 0.401. The number of amides is 2. The van der Waals surface area contributed by atoms with E-state index in [-0.39, 0.29) is 25.2 Å². The largest absolute Gasteiger partial charge is 0.358 e. The summed E-state index contributed by atoms with van der Waals surface area (Å²) < 4.78 is 0. The average Bonchev–Trinajstić information content (AvgIpc) is 2.59. The molecule has 98 valence electrons. The van der Waals surface area contributed by atoms with Crippen LogP contribution < -0.4 is 0 Å². The van der Waals surface area contributed by atoms with Gasteiger partial charge in [0.05, 0.1) is 0 Å². The molecule has 0 saturated carbocycles. The zero-order chi connectivity index (χ0) is 13.7. The third-order valence-electron chi connectivity index (χ3n) is 2.36. The molecule has 1 saturated heterocycles. The first-order valence-corrected chi connectivity index (χ1v) is 5.60. The summed E-state index contributed by atoms with van der Waals surface area (Å²) in [5.74, 6) is -1.92. The van der Waals surface area contributed by atoms with Crippen LogP contribution in [0.2, 0.25) is 0 Å². The van der Waals surface area contributed by atoms with Crippen LogP contribution in [0.5, 0.6) is 0 Å². The van der Waals surface area contributed by atoms with Gasteiger partial charge in [-0.25, -0.2) is 9.59 Å². The molecule has 1 fully saturated rings. The van der Waals surface area contributed by atoms with Crippen molar-refractivity contribution in [3.05, 3.63) is 0 Å². The Morgan fingerprint density at radius 1 is 1.39 bits per heavy atom. The van der Waals surface area contributed by atoms with Crippen LogP contribution in [0.3, 0.4) is 0 Å². The van der Waals surface area contributed by atoms with Crippen LogP contribution in [0, 0.1) is 5.92 Å². The number of rotatable bonds is 5. The second-order valence-electron chi connectivity index (χ2n) is 4.36. The topological polar surface area (TPSA) is 93.1 Å². The molecule has 0 aromatic heterocycles. The highest BCUT2D eigenvalue weighted by molar-refractivity contribution is 6.01. The van der Waals surface area contributed by atoms with Crippen LogP contribution in [-0.2, 0) is 24.0 Å². The fourth-order valence-corrected chi connectivity index (χ4v) is 1.52. The van der Waals surface area contributed by atoms with E-state index in [0.29, 0.717) is 5.06 Å². The Balaban J connectivity index is 2.69. The maximum Gasteiger partial charge on any atom is 0.358 e. The van der Waals surface area contributed by atoms with Crippen molar-refractivity contribution < 1.29 is 24.0 Å². The molecule has 0 aliphatic carbocycles. The lowest BCUT2D eigenvalue weighted by atomic mass is 10.0. The van der Waals surface area contributed by atoms with Gasteiger partial charge in [0.15, 0.2) is 6.04 Å². The number of hydrogen-bond donors (Lipinski definition) is 0. The van der Waals surface area contributed by atoms with Crippen LogP contribution in [0.1, 0.15) is 33.1 Å². The van der Waals surface area contributed by atoms with E-state index in [9.17, 15) is 19.2 Å². The summed E-state index contributed by atoms with van der Waals surface area (Å²) in [6.45, 7) is 3.68. The lowest BCUT2D eigenvalue weighted by molar-refractivity contribution is -0.198. The molecular formula is C11H14N2O5. The van der Waals surface area contributed by atoms with Crippen LogP contribution in [0.15, 0.2) is 4.99 Å². The summed E-state index contributed by atoms with van der Waals surface area (Å²) in [6, 6.07) is -1.04. The molecule has 1 aliphatic heterocycles. The second-order valence-corrected chi connectivity index (χ2v) is 4.36. The van der Waals surface area contributed by atoms with E-state index in [1.54, 1.807) is 0 Å². The number of imide groups is 1. The van der Waals surface area contributed by atoms with Crippen molar-refractivity contribution in [2.75, 3.05) is 0 Å². The lowest BCUT2D eigenvalue weighted by Crippen LogP contribution is -2.36. The number of hydrogen-bond acceptors (Lipinski definition) is 6. The van der Waals surface area contributed by atoms with E-state index in [2.05, 4.69) is 9.83 Å². The number of carbonyl (C=O) groups is 3. The monoisotopic (exact) mass is 254 g/mol. The van der Waals surface area contributed by atoms with Gasteiger partial charge in [-0.15, -0.1) is 5.06 Å². The Kier molecular flexibility index (Phi) is 4.74. The fraction of sp³-hybridized carbons (Fsp3) is 0.636. The molecule has 0 N–H and O–H groups in total. The third kappa shape index (κ3) is 3.49. The van der Waals surface area contributed by atoms with Gasteiger partial charge in [-0.1, -0.05) is 13.8 Å². The molecule has 2 amide bonds. The Morgan fingerprint density at radius 2 is 1.94 bits per heavy atom. The fourth-order valence-electron chi connectivity index (χ4n) is 1.52. The number of carbonyl (C=O) groups excluding carboxylic acids is 4. The van der Waals surface area contributed by atoms with E-state index in [4.69, 9.17) is 0 Å². The lowest BCUT2D eigenvalue weighted by Gasteiger charge is -2.16. The van der Waals surface area contributed by atoms with Gasteiger partial charge in [-0.05, 0) is 12.3 Å². The molecule has 1 atom stereocenters. The predicted molar refractivity (Wildman–Crippen MR) is 58.5 cm³/mol. The molecule has 0 bridgehead atoms. The smallest absolute Gasteiger partial charge is 0.328 e. The van der Waals surface area contributed by atoms with Crippen molar-refractivity contribution in [1.29, 1.82) is 0 Å². The number of nitrogens with zero attached hydrogens (tertiary/aromatic N) is 2. The molecule has 0 aromatic carbocycles. The van der Waals surface area contributed by atoms with Crippen LogP contribution in [0.25, 0.3) is 0 Å². The van der Waals surface area contributed by atoms with Crippen LogP contribution >= 0.6 is 0 Å². The molecule has 0 radical (unpaired) electrons. The van der Waals surface area contributed by atoms with Crippen molar-refractivity contribution in [1.82, 2.24) is 5.06 Å². The number of aliphatic imine (C=N–C) groups is 1. The zero-order valence-electron chi connectivity index (χ0n) is 10.2. The first kappa shape index (κ1) is 14.1. The van der Waals surface area contributed by atoms with E-state index in [1.165, 1.54) is 6.08 Å². The maximum atomic E-state index is 11.7. The standard InChI is InChI=1S/C11H14N2O5/c1-7(2)5-8(12-6-14)11(17)18-13-9(15)3-4-10(13)16/h7-8H,3-5H2,1-2H3. The second kappa shape index (κ2) is 6.07. The summed E-state index contributed by atoms with van der Waals surface area (Å²) in [6.07, 6.45) is 1.62. The molecule has 0 aromatic rings. The molecule has 1 heterocycles. The highest BCUT2D eigenvalue weighted by Crippen LogP contribution is 2.15. The van der Waals surface area contributed by atoms with Gasteiger partial charge in [-0.3, -0.25) is 9.59 Å². The van der Waals surface area contributed by atoms with Crippen molar-refractivity contribution in [2.45, 2.75) is 39.2 Å². The Bertz CT molecular complexity index is 396. The Labute approximate surface area is 104 Å². The molecule has 7 nitrogen and oxygen atoms in total. The van der Waals surface area contributed by atoms with Gasteiger partial charge < -0.3 is 4.84 Å². The van der Waals surface area contributed by atoms with Crippen molar-refractivity contribution in [3.8, 4) is 0 Å². The highest BCUT2D eigenvalue weighted by atomic mass is 16.7. The number of hydroxylamine groups is 2. The summed E-state index contributed by atoms with van der Waals surface area (Å²) in [5.41, 5.74) is 0. The SMILES string of the molecule is CC(C)CC(N=C=O)C(=O)ON1C(=O)CCC1=O. The van der Waals surface area contributed by atoms with E-state index in [1.807, 2.05) is 13.8 Å². The normalized spacial score (nSPS) is 16.7. The first-order chi connectivity index (χ1) is 8.45. The van der Waals surface area contributed by atoms with Crippen molar-refractivity contribution in [2.24, 2.45) is 10.9 Å². The molecule has 7 heteroatoms. The van der Waals surface area contributed by atoms with E-state index < -0.39 is 23.8 Å². The van der Waals surface area contributed by atoms with Crippen molar-refractivity contribution >= 4 is 23.9 Å². The Morgan fingerprint density at radius 3 is 2.39 bits per heavy atom. The minimum atomic E-state index is -1.04. The van der Waals surface area contributed by atoms with E-state index in [0.717, 1.165) is 0 Å². The molecule has 0 spiro atoms. The predicted octanol–water partition coefficient (Wildman–Crippen LogP) is 0.344.